The third-order valence-corrected chi connectivity index (χ3v) is 3.85. The lowest BCUT2D eigenvalue weighted by atomic mass is 10.3. The Labute approximate surface area is 120 Å². The molecule has 102 valence electrons. The second-order valence-electron chi connectivity index (χ2n) is 4.13. The van der Waals surface area contributed by atoms with Gasteiger partial charge in [0.25, 0.3) is 0 Å². The molecule has 0 aliphatic rings. The van der Waals surface area contributed by atoms with Crippen molar-refractivity contribution in [3.8, 4) is 5.75 Å². The maximum atomic E-state index is 5.39. The van der Waals surface area contributed by atoms with Gasteiger partial charge in [-0.3, -0.25) is 0 Å². The fourth-order valence-corrected chi connectivity index (χ4v) is 2.93. The maximum absolute atomic E-state index is 5.39. The van der Waals surface area contributed by atoms with Crippen LogP contribution >= 0.6 is 11.8 Å². The highest BCUT2D eigenvalue weighted by atomic mass is 32.2. The second kappa shape index (κ2) is 5.42. The Morgan fingerprint density at radius 1 is 1.25 bits per heavy atom. The van der Waals surface area contributed by atoms with E-state index in [9.17, 15) is 0 Å². The van der Waals surface area contributed by atoms with Crippen molar-refractivity contribution in [3.05, 3.63) is 36.7 Å². The highest BCUT2D eigenvalue weighted by molar-refractivity contribution is 7.99. The number of nitrogens with zero attached hydrogens (tertiary/aromatic N) is 2. The van der Waals surface area contributed by atoms with E-state index in [4.69, 9.17) is 4.74 Å². The molecule has 3 rings (SSSR count). The number of nitrogens with one attached hydrogen (secondary N) is 2. The summed E-state index contributed by atoms with van der Waals surface area (Å²) in [6, 6.07) is 10.3. The van der Waals surface area contributed by atoms with Gasteiger partial charge in [-0.2, -0.15) is 0 Å². The van der Waals surface area contributed by atoms with Gasteiger partial charge in [-0.1, -0.05) is 18.2 Å². The molecular weight excluding hydrogens is 272 g/mol. The van der Waals surface area contributed by atoms with Crippen LogP contribution in [-0.4, -0.2) is 29.1 Å². The first-order valence-electron chi connectivity index (χ1n) is 6.14. The first-order valence-corrected chi connectivity index (χ1v) is 6.96. The molecule has 0 aliphatic heterocycles. The Bertz CT molecular complexity index is 708. The summed E-state index contributed by atoms with van der Waals surface area (Å²) in [6.45, 7) is 0. The van der Waals surface area contributed by atoms with Gasteiger partial charge in [0.2, 0.25) is 0 Å². The van der Waals surface area contributed by atoms with E-state index in [0.717, 1.165) is 15.6 Å². The lowest BCUT2D eigenvalue weighted by Crippen LogP contribution is -1.99. The Kier molecular flexibility index (Phi) is 3.47. The van der Waals surface area contributed by atoms with Crippen molar-refractivity contribution >= 4 is 28.5 Å². The van der Waals surface area contributed by atoms with Crippen LogP contribution in [-0.2, 0) is 0 Å². The molecule has 5 nitrogen and oxygen atoms in total. The lowest BCUT2D eigenvalue weighted by molar-refractivity contribution is 0.400. The summed E-state index contributed by atoms with van der Waals surface area (Å²) in [4.78, 5) is 11.8. The topological polar surface area (TPSA) is 62.8 Å². The van der Waals surface area contributed by atoms with E-state index in [2.05, 4.69) is 38.5 Å². The molecule has 1 aromatic carbocycles. The summed E-state index contributed by atoms with van der Waals surface area (Å²) in [5.74, 6) is 1.33. The molecule has 6 heteroatoms. The van der Waals surface area contributed by atoms with Crippen LogP contribution in [0.3, 0.4) is 0 Å². The molecular formula is C14H14N4OS. The molecule has 2 heterocycles. The molecule has 0 radical (unpaired) electrons. The second-order valence-corrected chi connectivity index (χ2v) is 5.16. The number of para-hydroxylation sites is 1. The van der Waals surface area contributed by atoms with Crippen LogP contribution in [0.1, 0.15) is 0 Å². The van der Waals surface area contributed by atoms with Gasteiger partial charge in [-0.25, -0.2) is 9.97 Å². The zero-order valence-corrected chi connectivity index (χ0v) is 12.0. The highest BCUT2D eigenvalue weighted by Gasteiger charge is 2.13. The van der Waals surface area contributed by atoms with Gasteiger partial charge in [-0.15, -0.1) is 0 Å². The Morgan fingerprint density at radius 2 is 2.10 bits per heavy atom. The number of hydrogen-bond acceptors (Lipinski definition) is 5. The minimum atomic E-state index is 0.652. The van der Waals surface area contributed by atoms with Crippen molar-refractivity contribution in [1.82, 2.24) is 15.0 Å². The zero-order chi connectivity index (χ0) is 13.9. The van der Waals surface area contributed by atoms with Crippen LogP contribution in [0, 0.1) is 0 Å². The van der Waals surface area contributed by atoms with E-state index >= 15 is 0 Å². The fraction of sp³-hybridized carbons (Fsp3) is 0.143. The predicted molar refractivity (Wildman–Crippen MR) is 80.6 cm³/mol. The summed E-state index contributed by atoms with van der Waals surface area (Å²) in [5.41, 5.74) is 1.11. The van der Waals surface area contributed by atoms with Gasteiger partial charge in [0.05, 0.1) is 12.1 Å². The molecule has 20 heavy (non-hydrogen) atoms. The molecule has 2 N–H and O–H groups in total. The summed E-state index contributed by atoms with van der Waals surface area (Å²) in [7, 11) is 3.43. The highest BCUT2D eigenvalue weighted by Crippen LogP contribution is 2.37. The Balaban J connectivity index is 1.98. The minimum absolute atomic E-state index is 0.652. The third kappa shape index (κ3) is 2.30. The van der Waals surface area contributed by atoms with E-state index in [1.807, 2.05) is 19.2 Å². The number of aromatic nitrogens is 3. The van der Waals surface area contributed by atoms with Gasteiger partial charge in [0.1, 0.15) is 11.4 Å². The molecule has 2 aromatic heterocycles. The van der Waals surface area contributed by atoms with Crippen LogP contribution < -0.4 is 10.1 Å². The van der Waals surface area contributed by atoms with E-state index < -0.39 is 0 Å². The average Bonchev–Trinajstić information content (AvgIpc) is 2.89. The molecule has 0 bridgehead atoms. The fourth-order valence-electron chi connectivity index (χ4n) is 2.00. The van der Waals surface area contributed by atoms with Crippen molar-refractivity contribution < 1.29 is 4.74 Å². The number of aromatic amines is 1. The molecule has 0 saturated carbocycles. The predicted octanol–water partition coefficient (Wildman–Crippen LogP) is 3.16. The number of H-pyrrole nitrogens is 1. The quantitative estimate of drug-likeness (QED) is 0.721. The monoisotopic (exact) mass is 286 g/mol. The third-order valence-electron chi connectivity index (χ3n) is 2.92. The smallest absolute Gasteiger partial charge is 0.194 e. The Hall–Kier alpha value is -2.21. The largest absolute Gasteiger partial charge is 0.490 e. The number of hydrogen-bond donors (Lipinski definition) is 2. The van der Waals surface area contributed by atoms with Crippen LogP contribution in [0.5, 0.6) is 5.75 Å². The molecule has 0 fully saturated rings. The summed E-state index contributed by atoms with van der Waals surface area (Å²) in [6.07, 6.45) is 1.53. The molecule has 0 spiro atoms. The normalized spacial score (nSPS) is 10.7. The van der Waals surface area contributed by atoms with Crippen LogP contribution in [0.15, 0.2) is 46.7 Å². The number of ether oxygens (including phenoxy) is 1. The van der Waals surface area contributed by atoms with E-state index in [0.29, 0.717) is 11.6 Å². The average molecular weight is 286 g/mol. The number of benzene rings is 1. The van der Waals surface area contributed by atoms with E-state index in [1.54, 1.807) is 7.11 Å². The maximum Gasteiger partial charge on any atom is 0.194 e. The van der Waals surface area contributed by atoms with Crippen molar-refractivity contribution in [1.29, 1.82) is 0 Å². The van der Waals surface area contributed by atoms with Crippen molar-refractivity contribution in [3.63, 3.8) is 0 Å². The molecule has 0 atom stereocenters. The van der Waals surface area contributed by atoms with Crippen LogP contribution in [0.4, 0.5) is 5.82 Å². The summed E-state index contributed by atoms with van der Waals surface area (Å²) >= 11 is 1.52. The molecule has 0 saturated heterocycles. The first kappa shape index (κ1) is 12.8. The van der Waals surface area contributed by atoms with Crippen LogP contribution in [0.2, 0.25) is 0 Å². The van der Waals surface area contributed by atoms with Gasteiger partial charge < -0.3 is 15.0 Å². The van der Waals surface area contributed by atoms with Crippen LogP contribution in [0.25, 0.3) is 10.9 Å². The molecule has 0 amide bonds. The van der Waals surface area contributed by atoms with Gasteiger partial charge in [-0.05, 0) is 23.9 Å². The number of anilines is 1. The molecule has 0 aliphatic carbocycles. The summed E-state index contributed by atoms with van der Waals surface area (Å²) < 4.78 is 5.39. The first-order chi connectivity index (χ1) is 9.81. The van der Waals surface area contributed by atoms with Gasteiger partial charge in [0.15, 0.2) is 11.6 Å². The number of methoxy groups -OCH3 is 1. The molecule has 0 unspecified atom stereocenters. The minimum Gasteiger partial charge on any atom is -0.490 e. The standard InChI is InChI=1S/C14H14N4OS/c1-15-13-12(19-2)14(17-8-16-13)20-11-7-9-5-3-4-6-10(9)18-11/h3-8,18H,1-2H3,(H,15,16,17). The van der Waals surface area contributed by atoms with Gasteiger partial charge in [0, 0.05) is 18.0 Å². The van der Waals surface area contributed by atoms with Crippen molar-refractivity contribution in [2.24, 2.45) is 0 Å². The van der Waals surface area contributed by atoms with Crippen molar-refractivity contribution in [2.75, 3.05) is 19.5 Å². The van der Waals surface area contributed by atoms with Crippen molar-refractivity contribution in [2.45, 2.75) is 10.1 Å². The lowest BCUT2D eigenvalue weighted by Gasteiger charge is -2.09. The van der Waals surface area contributed by atoms with Gasteiger partial charge >= 0.3 is 0 Å². The zero-order valence-electron chi connectivity index (χ0n) is 11.2. The Morgan fingerprint density at radius 3 is 2.85 bits per heavy atom. The molecule has 3 aromatic rings. The number of rotatable bonds is 4. The van der Waals surface area contributed by atoms with E-state index in [-0.39, 0.29) is 0 Å². The summed E-state index contributed by atoms with van der Waals surface area (Å²) in [5, 5.41) is 5.97. The van der Waals surface area contributed by atoms with E-state index in [1.165, 1.54) is 23.5 Å². The number of fused-ring (bicyclic) bond motifs is 1. The SMILES string of the molecule is CNc1ncnc(Sc2cc3ccccc3[nH]2)c1OC.